The normalized spacial score (nSPS) is 12.1. The molecule has 1 aromatic carbocycles. The zero-order valence-corrected chi connectivity index (χ0v) is 13.8. The maximum Gasteiger partial charge on any atom is 0.220 e. The van der Waals surface area contributed by atoms with Gasteiger partial charge >= 0.3 is 0 Å². The molecule has 1 aromatic heterocycles. The molecule has 1 atom stereocenters. The van der Waals surface area contributed by atoms with Gasteiger partial charge in [0.25, 0.3) is 0 Å². The van der Waals surface area contributed by atoms with Crippen molar-refractivity contribution in [3.8, 4) is 0 Å². The molecule has 1 heterocycles. The molecular formula is C16H18BrNOS. The number of hydrogen-bond donors (Lipinski definition) is 1. The van der Waals surface area contributed by atoms with Gasteiger partial charge in [0, 0.05) is 21.8 Å². The predicted molar refractivity (Wildman–Crippen MR) is 88.1 cm³/mol. The first-order valence-corrected chi connectivity index (χ1v) is 8.37. The lowest BCUT2D eigenvalue weighted by atomic mass is 10.1. The van der Waals surface area contributed by atoms with Crippen molar-refractivity contribution in [3.63, 3.8) is 0 Å². The predicted octanol–water partition coefficient (Wildman–Crippen LogP) is 4.19. The van der Waals surface area contributed by atoms with Crippen molar-refractivity contribution in [3.05, 3.63) is 56.7 Å². The number of halogens is 1. The summed E-state index contributed by atoms with van der Waals surface area (Å²) in [6, 6.07) is 12.5. The van der Waals surface area contributed by atoms with Crippen LogP contribution in [0.4, 0.5) is 0 Å². The van der Waals surface area contributed by atoms with Crippen molar-refractivity contribution in [2.45, 2.75) is 32.2 Å². The zero-order valence-electron chi connectivity index (χ0n) is 11.4. The van der Waals surface area contributed by atoms with Crippen LogP contribution in [0.1, 0.15) is 23.8 Å². The molecule has 0 saturated carbocycles. The summed E-state index contributed by atoms with van der Waals surface area (Å²) in [5.74, 6) is 0.128. The molecule has 0 saturated heterocycles. The minimum atomic E-state index is 0.128. The van der Waals surface area contributed by atoms with Gasteiger partial charge in [-0.2, -0.15) is 0 Å². The number of benzene rings is 1. The number of hydrogen-bond acceptors (Lipinski definition) is 2. The van der Waals surface area contributed by atoms with E-state index < -0.39 is 0 Å². The van der Waals surface area contributed by atoms with Crippen LogP contribution in [0.5, 0.6) is 0 Å². The summed E-state index contributed by atoms with van der Waals surface area (Å²) < 4.78 is 1.08. The molecular weight excluding hydrogens is 334 g/mol. The monoisotopic (exact) mass is 351 g/mol. The van der Waals surface area contributed by atoms with Crippen molar-refractivity contribution in [1.82, 2.24) is 5.32 Å². The smallest absolute Gasteiger partial charge is 0.220 e. The van der Waals surface area contributed by atoms with E-state index in [1.807, 2.05) is 30.5 Å². The Kier molecular flexibility index (Phi) is 5.80. The largest absolute Gasteiger partial charge is 0.353 e. The molecule has 0 aliphatic rings. The molecule has 0 fully saturated rings. The third kappa shape index (κ3) is 5.10. The third-order valence-electron chi connectivity index (χ3n) is 3.04. The van der Waals surface area contributed by atoms with Gasteiger partial charge in [0.1, 0.15) is 0 Å². The number of carbonyl (C=O) groups excluding carboxylic acids is 1. The van der Waals surface area contributed by atoms with Crippen molar-refractivity contribution in [2.75, 3.05) is 0 Å². The fourth-order valence-corrected chi connectivity index (χ4v) is 3.04. The summed E-state index contributed by atoms with van der Waals surface area (Å²) in [6.45, 7) is 2.05. The molecule has 1 amide bonds. The fraction of sp³-hybridized carbons (Fsp3) is 0.312. The molecule has 106 valence electrons. The molecule has 2 aromatic rings. The van der Waals surface area contributed by atoms with E-state index in [9.17, 15) is 4.79 Å². The molecule has 0 aliphatic heterocycles. The highest BCUT2D eigenvalue weighted by Gasteiger charge is 2.08. The summed E-state index contributed by atoms with van der Waals surface area (Å²) in [5, 5.41) is 5.10. The molecule has 0 bridgehead atoms. The van der Waals surface area contributed by atoms with Crippen LogP contribution in [0.2, 0.25) is 0 Å². The first-order valence-electron chi connectivity index (χ1n) is 6.69. The Hall–Kier alpha value is -1.13. The first-order chi connectivity index (χ1) is 9.63. The maximum absolute atomic E-state index is 11.9. The molecule has 4 heteroatoms. The van der Waals surface area contributed by atoms with Crippen molar-refractivity contribution in [2.24, 2.45) is 0 Å². The summed E-state index contributed by atoms with van der Waals surface area (Å²) in [5.41, 5.74) is 1.24. The topological polar surface area (TPSA) is 29.1 Å². The summed E-state index contributed by atoms with van der Waals surface area (Å²) in [6.07, 6.45) is 2.25. The molecule has 1 N–H and O–H groups in total. The van der Waals surface area contributed by atoms with E-state index in [-0.39, 0.29) is 11.9 Å². The zero-order chi connectivity index (χ0) is 14.4. The summed E-state index contributed by atoms with van der Waals surface area (Å²) >= 11 is 5.13. The van der Waals surface area contributed by atoms with E-state index in [0.717, 1.165) is 17.3 Å². The minimum absolute atomic E-state index is 0.128. The van der Waals surface area contributed by atoms with Gasteiger partial charge in [0.15, 0.2) is 0 Å². The van der Waals surface area contributed by atoms with E-state index >= 15 is 0 Å². The van der Waals surface area contributed by atoms with Crippen LogP contribution in [0.25, 0.3) is 0 Å². The number of aryl methyl sites for hydroxylation is 1. The number of amides is 1. The number of carbonyl (C=O) groups is 1. The van der Waals surface area contributed by atoms with Crippen molar-refractivity contribution in [1.29, 1.82) is 0 Å². The highest BCUT2D eigenvalue weighted by molar-refractivity contribution is 9.10. The Labute approximate surface area is 132 Å². The van der Waals surface area contributed by atoms with Gasteiger partial charge < -0.3 is 5.32 Å². The van der Waals surface area contributed by atoms with Gasteiger partial charge in [-0.05, 0) is 48.9 Å². The van der Waals surface area contributed by atoms with Crippen molar-refractivity contribution < 1.29 is 4.79 Å². The third-order valence-corrected chi connectivity index (χ3v) is 4.51. The Bertz CT molecular complexity index is 536. The lowest BCUT2D eigenvalue weighted by Gasteiger charge is -2.14. The van der Waals surface area contributed by atoms with Gasteiger partial charge in [-0.15, -0.1) is 11.3 Å². The van der Waals surface area contributed by atoms with E-state index in [2.05, 4.69) is 39.4 Å². The van der Waals surface area contributed by atoms with Crippen LogP contribution >= 0.6 is 27.3 Å². The average molecular weight is 352 g/mol. The Morgan fingerprint density at radius 2 is 2.05 bits per heavy atom. The molecule has 0 aliphatic carbocycles. The molecule has 2 nitrogen and oxygen atoms in total. The van der Waals surface area contributed by atoms with Crippen LogP contribution < -0.4 is 5.32 Å². The highest BCUT2D eigenvalue weighted by atomic mass is 79.9. The average Bonchev–Trinajstić information content (AvgIpc) is 2.92. The Morgan fingerprint density at radius 1 is 1.30 bits per heavy atom. The van der Waals surface area contributed by atoms with Crippen molar-refractivity contribution >= 4 is 33.2 Å². The second kappa shape index (κ2) is 7.60. The van der Waals surface area contributed by atoms with Crippen LogP contribution in [-0.4, -0.2) is 11.9 Å². The van der Waals surface area contributed by atoms with Crippen LogP contribution in [0.3, 0.4) is 0 Å². The Morgan fingerprint density at radius 3 is 2.70 bits per heavy atom. The minimum Gasteiger partial charge on any atom is -0.353 e. The lowest BCUT2D eigenvalue weighted by molar-refractivity contribution is -0.121. The summed E-state index contributed by atoms with van der Waals surface area (Å²) in [7, 11) is 0. The first kappa shape index (κ1) is 15.3. The van der Waals surface area contributed by atoms with Gasteiger partial charge in [-0.1, -0.05) is 34.1 Å². The second-order valence-corrected chi connectivity index (χ2v) is 6.83. The van der Waals surface area contributed by atoms with Gasteiger partial charge in [0.2, 0.25) is 5.91 Å². The number of nitrogens with one attached hydrogen (secondary N) is 1. The molecule has 0 unspecified atom stereocenters. The number of thiophene rings is 1. The van der Waals surface area contributed by atoms with Gasteiger partial charge in [-0.25, -0.2) is 0 Å². The van der Waals surface area contributed by atoms with Crippen LogP contribution in [0, 0.1) is 0 Å². The molecule has 2 rings (SSSR count). The fourth-order valence-electron chi connectivity index (χ4n) is 2.06. The van der Waals surface area contributed by atoms with Crippen LogP contribution in [-0.2, 0) is 17.6 Å². The molecule has 0 radical (unpaired) electrons. The SMILES string of the molecule is C[C@H](Cc1ccc(Br)cc1)NC(=O)CCc1cccs1. The van der Waals surface area contributed by atoms with E-state index in [1.165, 1.54) is 10.4 Å². The number of rotatable bonds is 6. The standard InChI is InChI=1S/C16H18BrNOS/c1-12(11-13-4-6-14(17)7-5-13)18-16(19)9-8-15-3-2-10-20-15/h2-7,10,12H,8-9,11H2,1H3,(H,18,19)/t12-/m1/s1. The van der Waals surface area contributed by atoms with Crippen LogP contribution in [0.15, 0.2) is 46.3 Å². The quantitative estimate of drug-likeness (QED) is 0.830. The van der Waals surface area contributed by atoms with E-state index in [1.54, 1.807) is 11.3 Å². The van der Waals surface area contributed by atoms with Gasteiger partial charge in [0.05, 0.1) is 0 Å². The lowest BCUT2D eigenvalue weighted by Crippen LogP contribution is -2.34. The molecule has 20 heavy (non-hydrogen) atoms. The van der Waals surface area contributed by atoms with E-state index in [0.29, 0.717) is 6.42 Å². The maximum atomic E-state index is 11.9. The summed E-state index contributed by atoms with van der Waals surface area (Å²) in [4.78, 5) is 13.1. The molecule has 0 spiro atoms. The highest BCUT2D eigenvalue weighted by Crippen LogP contribution is 2.13. The van der Waals surface area contributed by atoms with Gasteiger partial charge in [-0.3, -0.25) is 4.79 Å². The van der Waals surface area contributed by atoms with E-state index in [4.69, 9.17) is 0 Å². The second-order valence-electron chi connectivity index (χ2n) is 4.88. The Balaban J connectivity index is 1.74.